The van der Waals surface area contributed by atoms with Gasteiger partial charge in [-0.15, -0.1) is 11.8 Å². The Morgan fingerprint density at radius 2 is 1.75 bits per heavy atom. The molecule has 0 saturated carbocycles. The number of ether oxygens (including phenoxy) is 2. The topological polar surface area (TPSA) is 238 Å². The minimum Gasteiger partial charge on any atom is -0.373 e. The fourth-order valence-corrected chi connectivity index (χ4v) is 5.24. The summed E-state index contributed by atoms with van der Waals surface area (Å²) in [5.74, 6) is 2.85. The number of carbonyl (C=O) groups is 6. The van der Waals surface area contributed by atoms with Crippen LogP contribution >= 0.6 is 11.8 Å². The van der Waals surface area contributed by atoms with E-state index in [0.717, 1.165) is 16.7 Å². The number of unbranched alkanes of at least 4 members (excludes halogenated alkanes) is 1. The Kier molecular flexibility index (Phi) is 17.0. The molecule has 252 valence electrons. The van der Waals surface area contributed by atoms with Crippen molar-refractivity contribution in [2.75, 3.05) is 38.6 Å². The molecule has 1 heterocycles. The Morgan fingerprint density at radius 3 is 2.36 bits per heavy atom. The van der Waals surface area contributed by atoms with E-state index in [0.29, 0.717) is 45.4 Å². The van der Waals surface area contributed by atoms with Gasteiger partial charge in [-0.05, 0) is 60.3 Å². The van der Waals surface area contributed by atoms with Crippen LogP contribution in [0.1, 0.15) is 73.1 Å². The van der Waals surface area contributed by atoms with Gasteiger partial charge in [0.15, 0.2) is 0 Å². The number of hydrazine groups is 1. The highest BCUT2D eigenvalue weighted by Gasteiger charge is 2.39. The minimum atomic E-state index is -0.900. The Morgan fingerprint density at radius 1 is 1.07 bits per heavy atom. The first-order valence-electron chi connectivity index (χ1n) is 14.8. The number of ketones is 1. The van der Waals surface area contributed by atoms with Crippen LogP contribution in [0.4, 0.5) is 0 Å². The van der Waals surface area contributed by atoms with Gasteiger partial charge in [-0.25, -0.2) is 0 Å². The van der Waals surface area contributed by atoms with Crippen molar-refractivity contribution in [3.8, 4) is 0 Å². The molecule has 1 aliphatic heterocycles. The molecule has 15 nitrogen and oxygen atoms in total. The number of carbonyl (C=O) groups excluding carboxylic acids is 6. The third-order valence-electron chi connectivity index (χ3n) is 6.80. The maximum Gasteiger partial charge on any atom is 0.243 e. The van der Waals surface area contributed by atoms with E-state index in [1.807, 2.05) is 27.7 Å². The van der Waals surface area contributed by atoms with Crippen LogP contribution in [0, 0.1) is 0 Å². The molecule has 0 spiro atoms. The van der Waals surface area contributed by atoms with Crippen molar-refractivity contribution in [2.45, 2.75) is 102 Å². The SMILES string of the molecule is CC(=O)CN1C(=O)CC(SC[C@@H](N)C(=O)NCCCCC(NC(=O)CCC(C)(C)OCC(C)(C)OCCNN)C(N)=O)C1=O. The second-order valence-electron chi connectivity index (χ2n) is 12.1. The van der Waals surface area contributed by atoms with Gasteiger partial charge in [0.05, 0.1) is 42.3 Å². The first-order chi connectivity index (χ1) is 20.5. The molecule has 1 fully saturated rings. The summed E-state index contributed by atoms with van der Waals surface area (Å²) in [4.78, 5) is 73.4. The van der Waals surface area contributed by atoms with Crippen molar-refractivity contribution in [2.24, 2.45) is 17.3 Å². The van der Waals surface area contributed by atoms with Crippen molar-refractivity contribution >= 4 is 47.1 Å². The highest BCUT2D eigenvalue weighted by atomic mass is 32.2. The molecule has 2 unspecified atom stereocenters. The second-order valence-corrected chi connectivity index (χ2v) is 13.3. The van der Waals surface area contributed by atoms with Crippen LogP contribution in [0.5, 0.6) is 0 Å². The van der Waals surface area contributed by atoms with E-state index in [1.54, 1.807) is 0 Å². The van der Waals surface area contributed by atoms with Crippen LogP contribution in [0.3, 0.4) is 0 Å². The smallest absolute Gasteiger partial charge is 0.243 e. The average molecular weight is 646 g/mol. The minimum absolute atomic E-state index is 0.0315. The number of nitrogens with zero attached hydrogens (tertiary/aromatic N) is 1. The quantitative estimate of drug-likeness (QED) is 0.0334. The molecule has 0 aromatic rings. The highest BCUT2D eigenvalue weighted by molar-refractivity contribution is 8.00. The van der Waals surface area contributed by atoms with Crippen LogP contribution < -0.4 is 33.4 Å². The summed E-state index contributed by atoms with van der Waals surface area (Å²) in [7, 11) is 0. The molecule has 0 radical (unpaired) electrons. The summed E-state index contributed by atoms with van der Waals surface area (Å²) < 4.78 is 11.7. The van der Waals surface area contributed by atoms with E-state index in [9.17, 15) is 28.8 Å². The van der Waals surface area contributed by atoms with Crippen LogP contribution in [0.25, 0.3) is 0 Å². The molecule has 3 atom stereocenters. The molecule has 0 aromatic carbocycles. The fraction of sp³-hybridized carbons (Fsp3) is 0.786. The summed E-state index contributed by atoms with van der Waals surface area (Å²) in [5.41, 5.74) is 12.8. The Hall–Kier alpha value is -2.63. The number of nitrogens with two attached hydrogens (primary N) is 3. The molecule has 44 heavy (non-hydrogen) atoms. The van der Waals surface area contributed by atoms with E-state index in [1.165, 1.54) is 6.92 Å². The van der Waals surface area contributed by atoms with Gasteiger partial charge in [-0.2, -0.15) is 0 Å². The van der Waals surface area contributed by atoms with Gasteiger partial charge in [-0.3, -0.25) is 44.9 Å². The number of thioether (sulfide) groups is 1. The summed E-state index contributed by atoms with van der Waals surface area (Å²) in [6, 6.07) is -1.75. The molecular weight excluding hydrogens is 594 g/mol. The number of amides is 5. The van der Waals surface area contributed by atoms with Crippen molar-refractivity contribution in [1.29, 1.82) is 0 Å². The number of hydrogen-bond donors (Lipinski definition) is 6. The lowest BCUT2D eigenvalue weighted by Crippen LogP contribution is -2.45. The standard InChI is InChI=1S/C28H51N7O8S/c1-18(36)15-35-23(38)14-21(26(35)41)44-16-19(29)25(40)32-11-7-6-8-20(24(30)39)34-22(37)9-10-27(2,3)43-17-28(4,5)42-13-12-33-31/h19-21,33H,6-17,29,31H2,1-5H3,(H2,30,39)(H,32,40)(H,34,37)/t19-,20?,21?/m1/s1. The maximum atomic E-state index is 12.5. The van der Waals surface area contributed by atoms with Crippen molar-refractivity contribution in [1.82, 2.24) is 21.0 Å². The van der Waals surface area contributed by atoms with E-state index < -0.39 is 52.2 Å². The third kappa shape index (κ3) is 15.4. The van der Waals surface area contributed by atoms with Gasteiger partial charge < -0.3 is 31.6 Å². The molecule has 0 aromatic heterocycles. The predicted octanol–water partition coefficient (Wildman–Crippen LogP) is -1.15. The molecule has 1 saturated heterocycles. The monoisotopic (exact) mass is 645 g/mol. The van der Waals surface area contributed by atoms with E-state index in [4.69, 9.17) is 26.8 Å². The average Bonchev–Trinajstić information content (AvgIpc) is 3.20. The van der Waals surface area contributed by atoms with Crippen molar-refractivity contribution in [3.63, 3.8) is 0 Å². The normalized spacial score (nSPS) is 17.0. The number of likely N-dealkylation sites (tertiary alicyclic amines) is 1. The first kappa shape index (κ1) is 39.4. The van der Waals surface area contributed by atoms with Crippen molar-refractivity contribution in [3.05, 3.63) is 0 Å². The molecule has 16 heteroatoms. The zero-order valence-electron chi connectivity index (χ0n) is 26.6. The van der Waals surface area contributed by atoms with Crippen molar-refractivity contribution < 1.29 is 38.2 Å². The molecule has 0 aliphatic carbocycles. The maximum absolute atomic E-state index is 12.5. The molecule has 1 aliphatic rings. The van der Waals surface area contributed by atoms with Gasteiger partial charge in [0.1, 0.15) is 11.8 Å². The Bertz CT molecular complexity index is 1010. The zero-order valence-corrected chi connectivity index (χ0v) is 27.4. The van der Waals surface area contributed by atoms with Gasteiger partial charge in [0.25, 0.3) is 0 Å². The number of primary amides is 1. The lowest BCUT2D eigenvalue weighted by atomic mass is 10.0. The molecule has 1 rings (SSSR count). The van der Waals surface area contributed by atoms with Crippen LogP contribution in [-0.2, 0) is 38.2 Å². The molecule has 9 N–H and O–H groups in total. The first-order valence-corrected chi connectivity index (χ1v) is 15.8. The predicted molar refractivity (Wildman–Crippen MR) is 166 cm³/mol. The van der Waals surface area contributed by atoms with Gasteiger partial charge >= 0.3 is 0 Å². The largest absolute Gasteiger partial charge is 0.373 e. The molecule has 0 bridgehead atoms. The number of rotatable bonds is 23. The number of imide groups is 1. The summed E-state index contributed by atoms with van der Waals surface area (Å²) in [6.45, 7) is 10.2. The van der Waals surface area contributed by atoms with Gasteiger partial charge in [0, 0.05) is 31.7 Å². The van der Waals surface area contributed by atoms with Gasteiger partial charge in [0.2, 0.25) is 29.5 Å². The van der Waals surface area contributed by atoms with Crippen LogP contribution in [0.2, 0.25) is 0 Å². The number of nitrogens with one attached hydrogen (secondary N) is 3. The second kappa shape index (κ2) is 19.0. The van der Waals surface area contributed by atoms with E-state index in [2.05, 4.69) is 16.1 Å². The summed E-state index contributed by atoms with van der Waals surface area (Å²) >= 11 is 1.11. The third-order valence-corrected chi connectivity index (χ3v) is 8.12. The highest BCUT2D eigenvalue weighted by Crippen LogP contribution is 2.25. The Balaban J connectivity index is 2.34. The lowest BCUT2D eigenvalue weighted by Gasteiger charge is -2.32. The fourth-order valence-electron chi connectivity index (χ4n) is 4.12. The summed E-state index contributed by atoms with van der Waals surface area (Å²) in [5, 5.41) is 4.72. The van der Waals surface area contributed by atoms with Crippen LogP contribution in [-0.4, -0.2) is 107 Å². The number of Topliss-reactive ketones (excluding diaryl/α,β-unsaturated/α-hetero) is 1. The number of hydrogen-bond acceptors (Lipinski definition) is 12. The van der Waals surface area contributed by atoms with E-state index >= 15 is 0 Å². The van der Waals surface area contributed by atoms with Crippen LogP contribution in [0.15, 0.2) is 0 Å². The molecular formula is C28H51N7O8S. The molecule has 5 amide bonds. The summed E-state index contributed by atoms with van der Waals surface area (Å²) in [6.07, 6.45) is 1.84. The zero-order chi connectivity index (χ0) is 33.5. The van der Waals surface area contributed by atoms with E-state index in [-0.39, 0.29) is 43.4 Å². The Labute approximate surface area is 263 Å². The van der Waals surface area contributed by atoms with Gasteiger partial charge in [-0.1, -0.05) is 0 Å². The lowest BCUT2D eigenvalue weighted by molar-refractivity contribution is -0.141.